The van der Waals surface area contributed by atoms with Crippen molar-refractivity contribution in [1.29, 1.82) is 0 Å². The van der Waals surface area contributed by atoms with Crippen molar-refractivity contribution < 1.29 is 0 Å². The number of likely N-dealkylation sites (tertiary alicyclic amines) is 1. The van der Waals surface area contributed by atoms with Crippen LogP contribution < -0.4 is 0 Å². The Morgan fingerprint density at radius 2 is 1.83 bits per heavy atom. The van der Waals surface area contributed by atoms with Gasteiger partial charge in [0.2, 0.25) is 0 Å². The first-order valence-electron chi connectivity index (χ1n) is 12.5. The molecule has 1 aliphatic rings. The van der Waals surface area contributed by atoms with Gasteiger partial charge in [-0.3, -0.25) is 20.0 Å². The molecule has 0 bridgehead atoms. The molecule has 1 fully saturated rings. The van der Waals surface area contributed by atoms with E-state index in [-0.39, 0.29) is 0 Å². The highest BCUT2D eigenvalue weighted by molar-refractivity contribution is 7.13. The van der Waals surface area contributed by atoms with E-state index in [9.17, 15) is 0 Å². The van der Waals surface area contributed by atoms with Gasteiger partial charge in [0.1, 0.15) is 5.69 Å². The van der Waals surface area contributed by atoms with E-state index < -0.39 is 0 Å². The van der Waals surface area contributed by atoms with Crippen LogP contribution in [-0.4, -0.2) is 43.1 Å². The summed E-state index contributed by atoms with van der Waals surface area (Å²) < 4.78 is 0. The summed E-state index contributed by atoms with van der Waals surface area (Å²) in [6, 6.07) is 17.2. The van der Waals surface area contributed by atoms with Gasteiger partial charge in [-0.15, -0.1) is 11.3 Å². The SMILES string of the molecule is c1csc(-c2cccc3[nH]c(-c4n[nH]c5cnc(-c6cncc(CN7CCCCC7)c6)cc45)cc23)c1. The quantitative estimate of drug-likeness (QED) is 0.276. The Labute approximate surface area is 213 Å². The number of pyridine rings is 2. The Kier molecular flexibility index (Phi) is 5.37. The number of thiophene rings is 1. The van der Waals surface area contributed by atoms with Crippen molar-refractivity contribution in [3.63, 3.8) is 0 Å². The van der Waals surface area contributed by atoms with Crippen molar-refractivity contribution in [2.24, 2.45) is 0 Å². The summed E-state index contributed by atoms with van der Waals surface area (Å²) in [7, 11) is 0. The lowest BCUT2D eigenvalue weighted by Crippen LogP contribution is -2.29. The molecular formula is C29H26N6S. The largest absolute Gasteiger partial charge is 0.353 e. The Morgan fingerprint density at radius 1 is 0.889 bits per heavy atom. The fourth-order valence-electron chi connectivity index (χ4n) is 5.30. The fraction of sp³-hybridized carbons (Fsp3) is 0.207. The molecule has 0 amide bonds. The second kappa shape index (κ2) is 9.00. The normalized spacial score (nSPS) is 14.7. The lowest BCUT2D eigenvalue weighted by atomic mass is 10.1. The van der Waals surface area contributed by atoms with Crippen molar-refractivity contribution in [2.75, 3.05) is 13.1 Å². The topological polar surface area (TPSA) is 73.5 Å². The molecule has 0 aliphatic carbocycles. The zero-order valence-corrected chi connectivity index (χ0v) is 20.7. The molecule has 0 atom stereocenters. The van der Waals surface area contributed by atoms with Gasteiger partial charge in [-0.1, -0.05) is 24.6 Å². The molecular weight excluding hydrogens is 464 g/mol. The van der Waals surface area contributed by atoms with Gasteiger partial charge in [-0.05, 0) is 67.2 Å². The van der Waals surface area contributed by atoms with Crippen LogP contribution >= 0.6 is 11.3 Å². The summed E-state index contributed by atoms with van der Waals surface area (Å²) in [4.78, 5) is 16.7. The van der Waals surface area contributed by atoms with Crippen molar-refractivity contribution in [3.05, 3.63) is 78.1 Å². The van der Waals surface area contributed by atoms with Gasteiger partial charge in [0.05, 0.1) is 23.1 Å². The third-order valence-electron chi connectivity index (χ3n) is 7.10. The van der Waals surface area contributed by atoms with E-state index in [0.29, 0.717) is 0 Å². The third kappa shape index (κ3) is 3.90. The minimum absolute atomic E-state index is 0.902. The van der Waals surface area contributed by atoms with Crippen LogP contribution in [0.15, 0.2) is 72.5 Å². The van der Waals surface area contributed by atoms with Gasteiger partial charge in [-0.2, -0.15) is 5.10 Å². The summed E-state index contributed by atoms with van der Waals surface area (Å²) in [5.41, 5.74) is 8.35. The van der Waals surface area contributed by atoms with E-state index in [1.54, 1.807) is 11.3 Å². The number of hydrogen-bond donors (Lipinski definition) is 2. The molecule has 0 spiro atoms. The first kappa shape index (κ1) is 21.5. The minimum atomic E-state index is 0.902. The number of nitrogens with zero attached hydrogens (tertiary/aromatic N) is 4. The number of benzene rings is 1. The highest BCUT2D eigenvalue weighted by Crippen LogP contribution is 2.36. The van der Waals surface area contributed by atoms with Crippen LogP contribution in [0.3, 0.4) is 0 Å². The molecule has 36 heavy (non-hydrogen) atoms. The Balaban J connectivity index is 1.26. The van der Waals surface area contributed by atoms with E-state index in [2.05, 4.69) is 79.0 Å². The van der Waals surface area contributed by atoms with Gasteiger partial charge < -0.3 is 4.98 Å². The van der Waals surface area contributed by atoms with Crippen LogP contribution in [-0.2, 0) is 6.54 Å². The molecule has 0 saturated carbocycles. The first-order valence-corrected chi connectivity index (χ1v) is 13.4. The zero-order chi connectivity index (χ0) is 23.9. The highest BCUT2D eigenvalue weighted by Gasteiger charge is 2.16. The lowest BCUT2D eigenvalue weighted by molar-refractivity contribution is 0.220. The molecule has 0 unspecified atom stereocenters. The smallest absolute Gasteiger partial charge is 0.116 e. The van der Waals surface area contributed by atoms with Gasteiger partial charge in [0.25, 0.3) is 0 Å². The van der Waals surface area contributed by atoms with Crippen molar-refractivity contribution >= 4 is 33.1 Å². The fourth-order valence-corrected chi connectivity index (χ4v) is 6.07. The third-order valence-corrected chi connectivity index (χ3v) is 8.00. The summed E-state index contributed by atoms with van der Waals surface area (Å²) in [6.45, 7) is 3.29. The summed E-state index contributed by atoms with van der Waals surface area (Å²) in [6.07, 6.45) is 9.68. The van der Waals surface area contributed by atoms with E-state index in [1.807, 2.05) is 18.6 Å². The van der Waals surface area contributed by atoms with E-state index in [0.717, 1.165) is 45.6 Å². The lowest BCUT2D eigenvalue weighted by Gasteiger charge is -2.26. The first-order chi connectivity index (χ1) is 17.8. The number of H-pyrrole nitrogens is 2. The van der Waals surface area contributed by atoms with E-state index in [4.69, 9.17) is 4.98 Å². The number of aromatic nitrogens is 5. The molecule has 178 valence electrons. The van der Waals surface area contributed by atoms with E-state index in [1.165, 1.54) is 53.7 Å². The number of fused-ring (bicyclic) bond motifs is 2. The van der Waals surface area contributed by atoms with Crippen molar-refractivity contribution in [3.8, 4) is 33.1 Å². The summed E-state index contributed by atoms with van der Waals surface area (Å²) in [5.74, 6) is 0. The van der Waals surface area contributed by atoms with Crippen LogP contribution in [0.2, 0.25) is 0 Å². The maximum atomic E-state index is 4.73. The maximum absolute atomic E-state index is 4.73. The Morgan fingerprint density at radius 3 is 2.72 bits per heavy atom. The molecule has 7 heteroatoms. The van der Waals surface area contributed by atoms with Crippen LogP contribution in [0, 0.1) is 0 Å². The molecule has 0 radical (unpaired) electrons. The summed E-state index contributed by atoms with van der Waals surface area (Å²) >= 11 is 1.76. The Hall–Kier alpha value is -3.81. The molecule has 6 heterocycles. The predicted octanol–water partition coefficient (Wildman–Crippen LogP) is 6.88. The number of aromatic amines is 2. The number of piperidine rings is 1. The molecule has 1 aromatic carbocycles. The zero-order valence-electron chi connectivity index (χ0n) is 19.9. The molecule has 1 saturated heterocycles. The van der Waals surface area contributed by atoms with E-state index >= 15 is 0 Å². The molecule has 6 nitrogen and oxygen atoms in total. The minimum Gasteiger partial charge on any atom is -0.353 e. The van der Waals surface area contributed by atoms with Crippen LogP contribution in [0.4, 0.5) is 0 Å². The highest BCUT2D eigenvalue weighted by atomic mass is 32.1. The maximum Gasteiger partial charge on any atom is 0.116 e. The monoisotopic (exact) mass is 490 g/mol. The molecule has 6 aromatic rings. The second-order valence-corrected chi connectivity index (χ2v) is 10.5. The average molecular weight is 491 g/mol. The van der Waals surface area contributed by atoms with Crippen molar-refractivity contribution in [1.82, 2.24) is 30.0 Å². The summed E-state index contributed by atoms with van der Waals surface area (Å²) in [5, 5.41) is 12.2. The molecule has 2 N–H and O–H groups in total. The van der Waals surface area contributed by atoms with Gasteiger partial charge >= 0.3 is 0 Å². The standard InChI is InChI=1S/C29H26N6S/c1-2-9-35(10-3-1)18-19-12-20(16-30-15-19)25-14-23-27(17-31-25)33-34-29(23)26-13-22-21(28-8-5-11-36-28)6-4-7-24(22)32-26/h4-8,11-17,32H,1-3,9-10,18H2,(H,33,34). The van der Waals surface area contributed by atoms with Gasteiger partial charge in [0, 0.05) is 51.2 Å². The Bertz CT molecular complexity index is 1660. The molecule has 1 aliphatic heterocycles. The number of hydrogen-bond acceptors (Lipinski definition) is 5. The number of nitrogens with one attached hydrogen (secondary N) is 2. The van der Waals surface area contributed by atoms with Gasteiger partial charge in [-0.25, -0.2) is 0 Å². The molecule has 5 aromatic heterocycles. The van der Waals surface area contributed by atoms with Gasteiger partial charge in [0.15, 0.2) is 0 Å². The predicted molar refractivity (Wildman–Crippen MR) is 147 cm³/mol. The van der Waals surface area contributed by atoms with Crippen LogP contribution in [0.1, 0.15) is 24.8 Å². The second-order valence-electron chi connectivity index (χ2n) is 9.53. The number of rotatable bonds is 5. The van der Waals surface area contributed by atoms with Crippen molar-refractivity contribution in [2.45, 2.75) is 25.8 Å². The molecule has 7 rings (SSSR count). The van der Waals surface area contributed by atoms with Crippen LogP contribution in [0.25, 0.3) is 54.9 Å². The van der Waals surface area contributed by atoms with Crippen LogP contribution in [0.5, 0.6) is 0 Å². The average Bonchev–Trinajstić information content (AvgIpc) is 3.68.